The molecule has 1 amide bonds. The Kier molecular flexibility index (Phi) is 5.78. The summed E-state index contributed by atoms with van der Waals surface area (Å²) in [4.78, 5) is 18.1. The van der Waals surface area contributed by atoms with E-state index in [0.717, 1.165) is 59.7 Å². The third-order valence-electron chi connectivity index (χ3n) is 6.62. The minimum Gasteiger partial charge on any atom is -0.486 e. The summed E-state index contributed by atoms with van der Waals surface area (Å²) in [6, 6.07) is 15.3. The van der Waals surface area contributed by atoms with Gasteiger partial charge < -0.3 is 19.4 Å². The zero-order valence-electron chi connectivity index (χ0n) is 19.5. The molecule has 6 rings (SSSR count). The van der Waals surface area contributed by atoms with Gasteiger partial charge in [0.25, 0.3) is 5.91 Å². The summed E-state index contributed by atoms with van der Waals surface area (Å²) in [6.07, 6.45) is 5.16. The summed E-state index contributed by atoms with van der Waals surface area (Å²) in [7, 11) is 0. The molecule has 8 nitrogen and oxygen atoms in total. The number of carbonyl (C=O) groups is 1. The number of nitrogens with zero attached hydrogens (tertiary/aromatic N) is 4. The first-order valence-corrected chi connectivity index (χ1v) is 12.3. The van der Waals surface area contributed by atoms with Gasteiger partial charge in [-0.15, -0.1) is 10.2 Å². The van der Waals surface area contributed by atoms with Gasteiger partial charge in [-0.25, -0.2) is 4.98 Å². The highest BCUT2D eigenvalue weighted by Gasteiger charge is 2.18. The maximum Gasteiger partial charge on any atom is 0.252 e. The number of rotatable bonds is 5. The number of amides is 1. The van der Waals surface area contributed by atoms with Crippen molar-refractivity contribution >= 4 is 16.8 Å². The van der Waals surface area contributed by atoms with E-state index in [1.807, 2.05) is 48.5 Å². The minimum absolute atomic E-state index is 0.127. The van der Waals surface area contributed by atoms with Crippen LogP contribution >= 0.6 is 0 Å². The third kappa shape index (κ3) is 4.32. The molecule has 2 aliphatic rings. The van der Waals surface area contributed by atoms with Crippen LogP contribution in [0.15, 0.2) is 48.5 Å². The first-order valence-electron chi connectivity index (χ1n) is 12.3. The highest BCUT2D eigenvalue weighted by atomic mass is 16.6. The Balaban J connectivity index is 1.25. The predicted molar refractivity (Wildman–Crippen MR) is 132 cm³/mol. The second-order valence-corrected chi connectivity index (χ2v) is 8.93. The van der Waals surface area contributed by atoms with E-state index in [2.05, 4.69) is 20.1 Å². The van der Waals surface area contributed by atoms with Gasteiger partial charge >= 0.3 is 0 Å². The molecule has 0 atom stereocenters. The van der Waals surface area contributed by atoms with Gasteiger partial charge in [-0.2, -0.15) is 0 Å². The lowest BCUT2D eigenvalue weighted by atomic mass is 10.0. The zero-order chi connectivity index (χ0) is 23.6. The van der Waals surface area contributed by atoms with Crippen molar-refractivity contribution in [2.45, 2.75) is 38.6 Å². The van der Waals surface area contributed by atoms with Gasteiger partial charge in [-0.1, -0.05) is 24.6 Å². The summed E-state index contributed by atoms with van der Waals surface area (Å²) < 4.78 is 13.6. The van der Waals surface area contributed by atoms with Crippen molar-refractivity contribution in [3.63, 3.8) is 0 Å². The molecular formula is C27H27N5O3. The van der Waals surface area contributed by atoms with Crippen molar-refractivity contribution in [1.82, 2.24) is 25.1 Å². The smallest absolute Gasteiger partial charge is 0.252 e. The molecule has 2 aromatic carbocycles. The molecule has 4 heterocycles. The molecule has 178 valence electrons. The summed E-state index contributed by atoms with van der Waals surface area (Å²) in [5.74, 6) is 3.30. The number of fused-ring (bicyclic) bond motifs is 3. The second-order valence-electron chi connectivity index (χ2n) is 8.93. The minimum atomic E-state index is -0.127. The molecule has 0 bridgehead atoms. The first-order chi connectivity index (χ1) is 17.3. The van der Waals surface area contributed by atoms with Crippen LogP contribution in [0.4, 0.5) is 0 Å². The van der Waals surface area contributed by atoms with Gasteiger partial charge in [0.15, 0.2) is 11.5 Å². The number of carbonyl (C=O) groups excluding carboxylic acids is 1. The number of hydrogen-bond donors (Lipinski definition) is 1. The number of ether oxygens (including phenoxy) is 2. The number of nitrogens with one attached hydrogen (secondary N) is 1. The van der Waals surface area contributed by atoms with Crippen molar-refractivity contribution in [2.75, 3.05) is 19.8 Å². The lowest BCUT2D eigenvalue weighted by Gasteiger charge is -2.19. The van der Waals surface area contributed by atoms with Crippen molar-refractivity contribution in [3.05, 3.63) is 65.7 Å². The van der Waals surface area contributed by atoms with Gasteiger partial charge in [0.2, 0.25) is 0 Å². The molecule has 0 spiro atoms. The molecule has 8 heteroatoms. The number of hydrogen-bond acceptors (Lipinski definition) is 6. The zero-order valence-corrected chi connectivity index (χ0v) is 19.5. The van der Waals surface area contributed by atoms with E-state index in [9.17, 15) is 4.79 Å². The average Bonchev–Trinajstić information content (AvgIpc) is 3.13. The van der Waals surface area contributed by atoms with E-state index >= 15 is 0 Å². The first kappa shape index (κ1) is 21.6. The number of benzene rings is 2. The van der Waals surface area contributed by atoms with Crippen molar-refractivity contribution in [1.29, 1.82) is 0 Å². The van der Waals surface area contributed by atoms with E-state index in [1.165, 1.54) is 6.42 Å². The molecule has 0 unspecified atom stereocenters. The van der Waals surface area contributed by atoms with Gasteiger partial charge in [0.05, 0.1) is 16.8 Å². The molecule has 0 aliphatic carbocycles. The van der Waals surface area contributed by atoms with Gasteiger partial charge in [-0.05, 0) is 43.2 Å². The molecule has 1 N–H and O–H groups in total. The second kappa shape index (κ2) is 9.37. The summed E-state index contributed by atoms with van der Waals surface area (Å²) >= 11 is 0. The van der Waals surface area contributed by atoms with E-state index in [-0.39, 0.29) is 5.91 Å². The fourth-order valence-corrected chi connectivity index (χ4v) is 4.83. The Hall–Kier alpha value is -3.94. The van der Waals surface area contributed by atoms with Crippen LogP contribution in [-0.2, 0) is 19.4 Å². The summed E-state index contributed by atoms with van der Waals surface area (Å²) in [6.45, 7) is 2.51. The molecule has 0 saturated heterocycles. The molecule has 0 fully saturated rings. The predicted octanol–water partition coefficient (Wildman–Crippen LogP) is 3.96. The van der Waals surface area contributed by atoms with Gasteiger partial charge in [0, 0.05) is 36.9 Å². The molecule has 4 aromatic rings. The number of aryl methyl sites for hydroxylation is 1. The topological polar surface area (TPSA) is 91.2 Å². The molecular weight excluding hydrogens is 442 g/mol. The van der Waals surface area contributed by atoms with E-state index < -0.39 is 0 Å². The lowest BCUT2D eigenvalue weighted by Crippen LogP contribution is -2.27. The van der Waals surface area contributed by atoms with Crippen molar-refractivity contribution in [2.24, 2.45) is 0 Å². The highest BCUT2D eigenvalue weighted by Crippen LogP contribution is 2.35. The largest absolute Gasteiger partial charge is 0.486 e. The fraction of sp³-hybridized carbons (Fsp3) is 0.333. The summed E-state index contributed by atoms with van der Waals surface area (Å²) in [5.41, 5.74) is 2.96. The Bertz CT molecular complexity index is 1400. The van der Waals surface area contributed by atoms with E-state index in [1.54, 1.807) is 0 Å². The number of pyridine rings is 1. The molecule has 0 saturated carbocycles. The number of aromatic nitrogens is 4. The van der Waals surface area contributed by atoms with Crippen LogP contribution in [-0.4, -0.2) is 45.4 Å². The lowest BCUT2D eigenvalue weighted by molar-refractivity contribution is 0.0955. The maximum absolute atomic E-state index is 13.3. The van der Waals surface area contributed by atoms with Crippen LogP contribution in [0.25, 0.3) is 22.2 Å². The van der Waals surface area contributed by atoms with E-state index in [4.69, 9.17) is 14.5 Å². The van der Waals surface area contributed by atoms with Crippen LogP contribution in [0.2, 0.25) is 0 Å². The molecule has 0 radical (unpaired) electrons. The van der Waals surface area contributed by atoms with Crippen LogP contribution in [0.5, 0.6) is 11.5 Å². The van der Waals surface area contributed by atoms with Crippen molar-refractivity contribution in [3.8, 4) is 22.8 Å². The van der Waals surface area contributed by atoms with Crippen LogP contribution in [0, 0.1) is 0 Å². The third-order valence-corrected chi connectivity index (χ3v) is 6.62. The van der Waals surface area contributed by atoms with Crippen LogP contribution < -0.4 is 14.8 Å². The van der Waals surface area contributed by atoms with E-state index in [0.29, 0.717) is 43.2 Å². The van der Waals surface area contributed by atoms with Crippen molar-refractivity contribution < 1.29 is 14.3 Å². The van der Waals surface area contributed by atoms with Crippen LogP contribution in [0.3, 0.4) is 0 Å². The molecule has 2 aliphatic heterocycles. The standard InChI is InChI=1S/C27H27N5O3/c33-27(28-12-11-26-31-30-25-8-2-1-5-13-32(25)26)20-17-22(29-21-7-4-3-6-19(20)21)18-9-10-23-24(16-18)35-15-14-34-23/h3-4,6-7,9-10,16-17H,1-2,5,8,11-15H2,(H,28,33). The average molecular weight is 470 g/mol. The Morgan fingerprint density at radius 2 is 1.86 bits per heavy atom. The Labute approximate surface area is 203 Å². The SMILES string of the molecule is O=C(NCCc1nnc2n1CCCCC2)c1cc(-c2ccc3c(c2)OCCO3)nc2ccccc12. The van der Waals surface area contributed by atoms with Gasteiger partial charge in [-0.3, -0.25) is 4.79 Å². The normalized spacial score (nSPS) is 14.9. The maximum atomic E-state index is 13.3. The Morgan fingerprint density at radius 3 is 2.80 bits per heavy atom. The quantitative estimate of drug-likeness (QED) is 0.476. The fourth-order valence-electron chi connectivity index (χ4n) is 4.83. The molecule has 35 heavy (non-hydrogen) atoms. The van der Waals surface area contributed by atoms with Gasteiger partial charge in [0.1, 0.15) is 24.9 Å². The number of para-hydroxylation sites is 1. The van der Waals surface area contributed by atoms with Crippen LogP contribution in [0.1, 0.15) is 41.3 Å². The monoisotopic (exact) mass is 469 g/mol. The molecule has 2 aromatic heterocycles. The highest BCUT2D eigenvalue weighted by molar-refractivity contribution is 6.07. The summed E-state index contributed by atoms with van der Waals surface area (Å²) in [5, 5.41) is 12.6. The Morgan fingerprint density at radius 1 is 0.971 bits per heavy atom.